The van der Waals surface area contributed by atoms with Gasteiger partial charge in [0.2, 0.25) is 0 Å². The van der Waals surface area contributed by atoms with Gasteiger partial charge in [-0.05, 0) is 38.5 Å². The van der Waals surface area contributed by atoms with Crippen molar-refractivity contribution in [3.05, 3.63) is 53.0 Å². The van der Waals surface area contributed by atoms with E-state index in [0.29, 0.717) is 17.9 Å². The number of aryl methyl sites for hydroxylation is 2. The molecule has 0 bridgehead atoms. The number of hydrogen-bond acceptors (Lipinski definition) is 4. The van der Waals surface area contributed by atoms with Crippen molar-refractivity contribution in [3.8, 4) is 5.75 Å². The summed E-state index contributed by atoms with van der Waals surface area (Å²) in [6, 6.07) is 9.33. The van der Waals surface area contributed by atoms with Gasteiger partial charge in [0.15, 0.2) is 0 Å². The highest BCUT2D eigenvalue weighted by Gasteiger charge is 2.28. The zero-order chi connectivity index (χ0) is 18.0. The quantitative estimate of drug-likeness (QED) is 0.778. The first-order chi connectivity index (χ1) is 11.8. The molecule has 0 saturated carbocycles. The molecule has 2 unspecified atom stereocenters. The highest BCUT2D eigenvalue weighted by molar-refractivity contribution is 5.74. The van der Waals surface area contributed by atoms with Crippen molar-refractivity contribution in [2.45, 2.75) is 38.9 Å². The fourth-order valence-electron chi connectivity index (χ4n) is 3.15. The second-order valence-electron chi connectivity index (χ2n) is 6.72. The van der Waals surface area contributed by atoms with E-state index in [1.165, 1.54) is 0 Å². The van der Waals surface area contributed by atoms with Crippen LogP contribution in [0.3, 0.4) is 0 Å². The van der Waals surface area contributed by atoms with Gasteiger partial charge >= 0.3 is 6.03 Å². The zero-order valence-electron chi connectivity index (χ0n) is 14.8. The van der Waals surface area contributed by atoms with E-state index in [1.54, 1.807) is 19.9 Å². The molecule has 0 radical (unpaired) electrons. The van der Waals surface area contributed by atoms with Crippen LogP contribution >= 0.6 is 0 Å². The first-order valence-electron chi connectivity index (χ1n) is 8.41. The third-order valence-corrected chi connectivity index (χ3v) is 4.42. The number of carbonyl (C=O) groups excluding carboxylic acids is 1. The summed E-state index contributed by atoms with van der Waals surface area (Å²) >= 11 is 0. The second kappa shape index (κ2) is 6.80. The summed E-state index contributed by atoms with van der Waals surface area (Å²) in [7, 11) is 0. The summed E-state index contributed by atoms with van der Waals surface area (Å²) in [5.74, 6) is 2.26. The molecule has 0 aliphatic carbocycles. The van der Waals surface area contributed by atoms with Gasteiger partial charge in [-0.2, -0.15) is 0 Å². The molecule has 1 aliphatic rings. The lowest BCUT2D eigenvalue weighted by Crippen LogP contribution is -2.46. The molecule has 134 valence electrons. The SMILES string of the molecule is Cc1cc(C(C)(O)CNC(=O)NCC2Cc3ccccc3O2)c(C)o1. The topological polar surface area (TPSA) is 83.7 Å². The first-order valence-corrected chi connectivity index (χ1v) is 8.41. The normalized spacial score (nSPS) is 18.2. The minimum Gasteiger partial charge on any atom is -0.488 e. The largest absolute Gasteiger partial charge is 0.488 e. The number of furan rings is 1. The van der Waals surface area contributed by atoms with E-state index in [1.807, 2.05) is 31.2 Å². The summed E-state index contributed by atoms with van der Waals surface area (Å²) in [5.41, 5.74) is 0.641. The van der Waals surface area contributed by atoms with Crippen LogP contribution in [0.25, 0.3) is 0 Å². The van der Waals surface area contributed by atoms with Crippen molar-refractivity contribution >= 4 is 6.03 Å². The molecule has 0 spiro atoms. The van der Waals surface area contributed by atoms with E-state index in [-0.39, 0.29) is 18.7 Å². The van der Waals surface area contributed by atoms with Gasteiger partial charge in [-0.15, -0.1) is 0 Å². The lowest BCUT2D eigenvalue weighted by atomic mass is 9.96. The lowest BCUT2D eigenvalue weighted by molar-refractivity contribution is 0.0578. The molecular formula is C19H24N2O4. The number of rotatable bonds is 5. The van der Waals surface area contributed by atoms with Gasteiger partial charge in [-0.1, -0.05) is 18.2 Å². The van der Waals surface area contributed by atoms with Crippen molar-refractivity contribution < 1.29 is 19.1 Å². The molecule has 1 aromatic heterocycles. The fraction of sp³-hybridized carbons (Fsp3) is 0.421. The molecule has 2 heterocycles. The van der Waals surface area contributed by atoms with Gasteiger partial charge in [-0.3, -0.25) is 0 Å². The third-order valence-electron chi connectivity index (χ3n) is 4.42. The Labute approximate surface area is 147 Å². The predicted molar refractivity (Wildman–Crippen MR) is 93.7 cm³/mol. The molecule has 3 rings (SSSR count). The van der Waals surface area contributed by atoms with Crippen molar-refractivity contribution in [2.24, 2.45) is 0 Å². The van der Waals surface area contributed by atoms with Crippen molar-refractivity contribution in [3.63, 3.8) is 0 Å². The smallest absolute Gasteiger partial charge is 0.315 e. The number of ether oxygens (including phenoxy) is 1. The number of aliphatic hydroxyl groups is 1. The van der Waals surface area contributed by atoms with Gasteiger partial charge in [-0.25, -0.2) is 4.79 Å². The molecule has 6 nitrogen and oxygen atoms in total. The Balaban J connectivity index is 1.46. The standard InChI is InChI=1S/C19H24N2O4/c1-12-8-16(13(2)24-12)19(3,23)11-21-18(22)20-10-15-9-14-6-4-5-7-17(14)25-15/h4-8,15,23H,9-11H2,1-3H3,(H2,20,21,22). The Morgan fingerprint density at radius 2 is 2.08 bits per heavy atom. The highest BCUT2D eigenvalue weighted by Crippen LogP contribution is 2.28. The molecule has 0 saturated heterocycles. The monoisotopic (exact) mass is 344 g/mol. The van der Waals surface area contributed by atoms with Crippen LogP contribution in [0.5, 0.6) is 5.75 Å². The maximum atomic E-state index is 12.0. The van der Waals surface area contributed by atoms with Gasteiger partial charge in [0, 0.05) is 12.0 Å². The van der Waals surface area contributed by atoms with Crippen LogP contribution in [0, 0.1) is 13.8 Å². The zero-order valence-corrected chi connectivity index (χ0v) is 14.8. The van der Waals surface area contributed by atoms with Crippen LogP contribution < -0.4 is 15.4 Å². The first kappa shape index (κ1) is 17.4. The summed E-state index contributed by atoms with van der Waals surface area (Å²) in [4.78, 5) is 12.0. The van der Waals surface area contributed by atoms with Crippen LogP contribution in [-0.4, -0.2) is 30.3 Å². The van der Waals surface area contributed by atoms with Crippen molar-refractivity contribution in [1.82, 2.24) is 10.6 Å². The summed E-state index contributed by atoms with van der Waals surface area (Å²) < 4.78 is 11.2. The second-order valence-corrected chi connectivity index (χ2v) is 6.72. The molecule has 2 aromatic rings. The average molecular weight is 344 g/mol. The van der Waals surface area contributed by atoms with Gasteiger partial charge in [0.05, 0.1) is 13.1 Å². The molecular weight excluding hydrogens is 320 g/mol. The minimum atomic E-state index is -1.20. The van der Waals surface area contributed by atoms with Gasteiger partial charge in [0.1, 0.15) is 29.0 Å². The number of amides is 2. The number of hydrogen-bond donors (Lipinski definition) is 3. The lowest BCUT2D eigenvalue weighted by Gasteiger charge is -2.23. The van der Waals surface area contributed by atoms with Gasteiger partial charge in [0.25, 0.3) is 0 Å². The minimum absolute atomic E-state index is 0.0672. The van der Waals surface area contributed by atoms with Crippen LogP contribution in [0.2, 0.25) is 0 Å². The number of urea groups is 1. The molecule has 2 amide bonds. The predicted octanol–water partition coefficient (Wildman–Crippen LogP) is 2.41. The number of carbonyl (C=O) groups is 1. The Morgan fingerprint density at radius 3 is 2.76 bits per heavy atom. The third kappa shape index (κ3) is 3.96. The van der Waals surface area contributed by atoms with Crippen LogP contribution in [0.15, 0.2) is 34.7 Å². The summed E-state index contributed by atoms with van der Waals surface area (Å²) in [6.07, 6.45) is 0.712. The van der Waals surface area contributed by atoms with Crippen molar-refractivity contribution in [1.29, 1.82) is 0 Å². The average Bonchev–Trinajstić information content (AvgIpc) is 3.13. The molecule has 25 heavy (non-hydrogen) atoms. The summed E-state index contributed by atoms with van der Waals surface area (Å²) in [5, 5.41) is 16.1. The Bertz CT molecular complexity index is 742. The molecule has 3 N–H and O–H groups in total. The van der Waals surface area contributed by atoms with E-state index >= 15 is 0 Å². The van der Waals surface area contributed by atoms with E-state index in [2.05, 4.69) is 10.6 Å². The van der Waals surface area contributed by atoms with Gasteiger partial charge < -0.3 is 24.9 Å². The number of para-hydroxylation sites is 1. The molecule has 0 fully saturated rings. The van der Waals surface area contributed by atoms with Crippen LogP contribution in [0.4, 0.5) is 4.79 Å². The molecule has 1 aromatic carbocycles. The van der Waals surface area contributed by atoms with E-state index in [0.717, 1.165) is 23.5 Å². The van der Waals surface area contributed by atoms with E-state index in [9.17, 15) is 9.90 Å². The number of fused-ring (bicyclic) bond motifs is 1. The number of benzene rings is 1. The maximum absolute atomic E-state index is 12.0. The van der Waals surface area contributed by atoms with Crippen LogP contribution in [-0.2, 0) is 12.0 Å². The Morgan fingerprint density at radius 1 is 1.32 bits per heavy atom. The summed E-state index contributed by atoms with van der Waals surface area (Å²) in [6.45, 7) is 5.77. The molecule has 2 atom stereocenters. The molecule has 6 heteroatoms. The highest BCUT2D eigenvalue weighted by atomic mass is 16.5. The van der Waals surface area contributed by atoms with Crippen molar-refractivity contribution in [2.75, 3.05) is 13.1 Å². The Hall–Kier alpha value is -2.47. The molecule has 1 aliphatic heterocycles. The van der Waals surface area contributed by atoms with Crippen LogP contribution in [0.1, 0.15) is 29.6 Å². The maximum Gasteiger partial charge on any atom is 0.315 e. The number of nitrogens with one attached hydrogen (secondary N) is 2. The fourth-order valence-corrected chi connectivity index (χ4v) is 3.15. The Kier molecular flexibility index (Phi) is 4.72. The van der Waals surface area contributed by atoms with E-state index in [4.69, 9.17) is 9.15 Å². The van der Waals surface area contributed by atoms with E-state index < -0.39 is 5.60 Å².